The highest BCUT2D eigenvalue weighted by Crippen LogP contribution is 2.26. The summed E-state index contributed by atoms with van der Waals surface area (Å²) in [5.41, 5.74) is 0.599. The molecule has 39 heavy (non-hydrogen) atoms. The van der Waals surface area contributed by atoms with Crippen molar-refractivity contribution in [2.24, 2.45) is 0 Å². The first-order valence-electron chi connectivity index (χ1n) is 12.2. The summed E-state index contributed by atoms with van der Waals surface area (Å²) in [6.07, 6.45) is 0. The zero-order valence-electron chi connectivity index (χ0n) is 22.1. The van der Waals surface area contributed by atoms with Gasteiger partial charge in [0.2, 0.25) is 11.8 Å². The first-order chi connectivity index (χ1) is 18.4. The predicted octanol–water partition coefficient (Wildman–Crippen LogP) is 4.11. The lowest BCUT2D eigenvalue weighted by molar-refractivity contribution is -0.139. The fourth-order valence-electron chi connectivity index (χ4n) is 3.79. The van der Waals surface area contributed by atoms with Crippen LogP contribution in [0.3, 0.4) is 0 Å². The maximum absolute atomic E-state index is 13.7. The van der Waals surface area contributed by atoms with Gasteiger partial charge in [0.1, 0.15) is 30.0 Å². The minimum Gasteiger partial charge on any atom is -0.497 e. The number of ether oxygens (including phenoxy) is 1. The summed E-state index contributed by atoms with van der Waals surface area (Å²) in [4.78, 5) is 27.7. The minimum absolute atomic E-state index is 0.0570. The van der Waals surface area contributed by atoms with Gasteiger partial charge in [0, 0.05) is 12.6 Å². The van der Waals surface area contributed by atoms with E-state index in [4.69, 9.17) is 4.74 Å². The van der Waals surface area contributed by atoms with Crippen molar-refractivity contribution in [2.45, 2.75) is 44.3 Å². The molecule has 0 aromatic heterocycles. The molecule has 0 heterocycles. The molecule has 0 unspecified atom stereocenters. The normalized spacial score (nSPS) is 12.1. The van der Waals surface area contributed by atoms with Crippen molar-refractivity contribution >= 4 is 27.5 Å². The average molecular weight is 560 g/mol. The molecule has 0 fully saturated rings. The Kier molecular flexibility index (Phi) is 9.63. The lowest BCUT2D eigenvalue weighted by Crippen LogP contribution is -2.52. The van der Waals surface area contributed by atoms with Gasteiger partial charge in [-0.25, -0.2) is 17.2 Å². The van der Waals surface area contributed by atoms with E-state index in [1.165, 1.54) is 79.6 Å². The molecular formula is C28H31F2N3O5S. The van der Waals surface area contributed by atoms with Gasteiger partial charge in [-0.2, -0.15) is 0 Å². The van der Waals surface area contributed by atoms with Crippen LogP contribution in [-0.4, -0.2) is 50.9 Å². The maximum Gasteiger partial charge on any atom is 0.264 e. The van der Waals surface area contributed by atoms with Crippen LogP contribution in [0.2, 0.25) is 0 Å². The largest absolute Gasteiger partial charge is 0.497 e. The number of carbonyl (C=O) groups excluding carboxylic acids is 2. The third-order valence-corrected chi connectivity index (χ3v) is 7.69. The Morgan fingerprint density at radius 2 is 1.41 bits per heavy atom. The van der Waals surface area contributed by atoms with Gasteiger partial charge in [0.05, 0.1) is 17.7 Å². The molecule has 2 amide bonds. The highest BCUT2D eigenvalue weighted by atomic mass is 32.2. The topological polar surface area (TPSA) is 96.0 Å². The van der Waals surface area contributed by atoms with E-state index in [1.807, 2.05) is 0 Å². The second kappa shape index (κ2) is 12.7. The summed E-state index contributed by atoms with van der Waals surface area (Å²) < 4.78 is 60.6. The lowest BCUT2D eigenvalue weighted by Gasteiger charge is -2.32. The van der Waals surface area contributed by atoms with E-state index in [9.17, 15) is 26.8 Å². The van der Waals surface area contributed by atoms with Crippen molar-refractivity contribution in [1.82, 2.24) is 10.2 Å². The molecule has 0 aliphatic carbocycles. The van der Waals surface area contributed by atoms with Crippen LogP contribution in [0.5, 0.6) is 5.75 Å². The molecule has 0 radical (unpaired) electrons. The molecule has 0 spiro atoms. The van der Waals surface area contributed by atoms with Gasteiger partial charge in [-0.05, 0) is 87.0 Å². The van der Waals surface area contributed by atoms with Gasteiger partial charge >= 0.3 is 0 Å². The fourth-order valence-corrected chi connectivity index (χ4v) is 5.20. The summed E-state index contributed by atoms with van der Waals surface area (Å²) in [5.74, 6) is -1.73. The van der Waals surface area contributed by atoms with Gasteiger partial charge < -0.3 is 15.0 Å². The number of anilines is 1. The number of amides is 2. The number of carbonyl (C=O) groups is 2. The molecule has 1 atom stereocenters. The molecule has 3 aromatic carbocycles. The molecule has 0 aliphatic rings. The highest BCUT2D eigenvalue weighted by molar-refractivity contribution is 7.92. The molecular weight excluding hydrogens is 528 g/mol. The van der Waals surface area contributed by atoms with Crippen LogP contribution in [0.15, 0.2) is 77.7 Å². The van der Waals surface area contributed by atoms with Crippen molar-refractivity contribution in [2.75, 3.05) is 18.0 Å². The number of hydrogen-bond donors (Lipinski definition) is 1. The zero-order valence-corrected chi connectivity index (χ0v) is 22.9. The number of nitrogens with one attached hydrogen (secondary N) is 1. The van der Waals surface area contributed by atoms with Crippen LogP contribution in [0, 0.1) is 11.6 Å². The maximum atomic E-state index is 13.7. The summed E-state index contributed by atoms with van der Waals surface area (Å²) in [5, 5.41) is 2.75. The van der Waals surface area contributed by atoms with Crippen molar-refractivity contribution < 1.29 is 31.5 Å². The van der Waals surface area contributed by atoms with E-state index in [-0.39, 0.29) is 23.2 Å². The molecule has 0 bridgehead atoms. The number of nitrogens with zero attached hydrogens (tertiary/aromatic N) is 2. The zero-order chi connectivity index (χ0) is 28.7. The summed E-state index contributed by atoms with van der Waals surface area (Å²) in [6.45, 7) is 4.31. The van der Waals surface area contributed by atoms with E-state index < -0.39 is 46.1 Å². The SMILES string of the molecule is COc1ccc(S(=O)(=O)N(CC(=O)N(Cc2ccc(F)cc2)[C@H](C)C(=O)NC(C)C)c2ccc(F)cc2)cc1. The standard InChI is InChI=1S/C28H31F2N3O5S/c1-19(2)31-28(35)20(3)32(17-21-5-7-22(29)8-6-21)27(34)18-33(24-11-9-23(30)10-12-24)39(36,37)26-15-13-25(38-4)14-16-26/h5-16,19-20H,17-18H2,1-4H3,(H,31,35)/t20-/m1/s1. The van der Waals surface area contributed by atoms with Crippen LogP contribution in [0.4, 0.5) is 14.5 Å². The Morgan fingerprint density at radius 3 is 1.92 bits per heavy atom. The van der Waals surface area contributed by atoms with E-state index in [0.717, 1.165) is 16.4 Å². The van der Waals surface area contributed by atoms with Crippen LogP contribution in [0.25, 0.3) is 0 Å². The molecule has 208 valence electrons. The fraction of sp³-hybridized carbons (Fsp3) is 0.286. The smallest absolute Gasteiger partial charge is 0.264 e. The Labute approximate surface area is 227 Å². The molecule has 3 aromatic rings. The molecule has 8 nitrogen and oxygen atoms in total. The van der Waals surface area contributed by atoms with Crippen molar-refractivity contribution in [1.29, 1.82) is 0 Å². The average Bonchev–Trinajstić information content (AvgIpc) is 2.91. The van der Waals surface area contributed by atoms with E-state index in [1.54, 1.807) is 13.8 Å². The number of benzene rings is 3. The van der Waals surface area contributed by atoms with Gasteiger partial charge in [0.15, 0.2) is 0 Å². The predicted molar refractivity (Wildman–Crippen MR) is 144 cm³/mol. The van der Waals surface area contributed by atoms with E-state index in [0.29, 0.717) is 11.3 Å². The van der Waals surface area contributed by atoms with E-state index in [2.05, 4.69) is 5.32 Å². The van der Waals surface area contributed by atoms with Crippen LogP contribution in [0.1, 0.15) is 26.3 Å². The number of halogens is 2. The number of methoxy groups -OCH3 is 1. The van der Waals surface area contributed by atoms with Crippen molar-refractivity contribution in [3.05, 3.63) is 90.0 Å². The van der Waals surface area contributed by atoms with Crippen LogP contribution < -0.4 is 14.4 Å². The van der Waals surface area contributed by atoms with Gasteiger partial charge in [-0.1, -0.05) is 12.1 Å². The Bertz CT molecular complexity index is 1380. The monoisotopic (exact) mass is 559 g/mol. The molecule has 1 N–H and O–H groups in total. The summed E-state index contributed by atoms with van der Waals surface area (Å²) in [7, 11) is -2.86. The molecule has 3 rings (SSSR count). The first-order valence-corrected chi connectivity index (χ1v) is 13.6. The molecule has 0 saturated heterocycles. The Morgan fingerprint density at radius 1 is 0.872 bits per heavy atom. The second-order valence-corrected chi connectivity index (χ2v) is 11.0. The summed E-state index contributed by atoms with van der Waals surface area (Å²) >= 11 is 0. The Balaban J connectivity index is 2.02. The minimum atomic E-state index is -4.31. The molecule has 11 heteroatoms. The van der Waals surface area contributed by atoms with Crippen molar-refractivity contribution in [3.63, 3.8) is 0 Å². The highest BCUT2D eigenvalue weighted by Gasteiger charge is 2.32. The molecule has 0 aliphatic heterocycles. The summed E-state index contributed by atoms with van der Waals surface area (Å²) in [6, 6.07) is 14.5. The number of rotatable bonds is 11. The van der Waals surface area contributed by atoms with E-state index >= 15 is 0 Å². The van der Waals surface area contributed by atoms with Crippen LogP contribution in [-0.2, 0) is 26.2 Å². The van der Waals surface area contributed by atoms with Gasteiger partial charge in [-0.3, -0.25) is 13.9 Å². The quantitative estimate of drug-likeness (QED) is 0.382. The third kappa shape index (κ3) is 7.53. The van der Waals surface area contributed by atoms with Gasteiger partial charge in [0.25, 0.3) is 10.0 Å². The lowest BCUT2D eigenvalue weighted by atomic mass is 10.1. The van der Waals surface area contributed by atoms with Crippen molar-refractivity contribution in [3.8, 4) is 5.75 Å². The molecule has 0 saturated carbocycles. The number of hydrogen-bond acceptors (Lipinski definition) is 5. The first kappa shape index (κ1) is 29.6. The van der Waals surface area contributed by atoms with Gasteiger partial charge in [-0.15, -0.1) is 0 Å². The third-order valence-electron chi connectivity index (χ3n) is 5.91. The number of sulfonamides is 1. The van der Waals surface area contributed by atoms with Crippen LogP contribution >= 0.6 is 0 Å². The Hall–Kier alpha value is -3.99. The second-order valence-electron chi connectivity index (χ2n) is 9.15.